The molecule has 0 aliphatic heterocycles. The van der Waals surface area contributed by atoms with Crippen LogP contribution in [0.25, 0.3) is 10.8 Å². The fourth-order valence-electron chi connectivity index (χ4n) is 2.06. The van der Waals surface area contributed by atoms with Crippen molar-refractivity contribution in [2.75, 3.05) is 18.1 Å². The van der Waals surface area contributed by atoms with Crippen molar-refractivity contribution < 1.29 is 4.79 Å². The monoisotopic (exact) mass is 283 g/mol. The van der Waals surface area contributed by atoms with Gasteiger partial charge in [0, 0.05) is 12.6 Å². The van der Waals surface area contributed by atoms with Crippen LogP contribution in [0.5, 0.6) is 0 Å². The van der Waals surface area contributed by atoms with Gasteiger partial charge in [-0.2, -0.15) is 0 Å². The van der Waals surface area contributed by atoms with Gasteiger partial charge in [0.2, 0.25) is 5.78 Å². The molecule has 0 radical (unpaired) electrons. The molecule has 0 fully saturated rings. The van der Waals surface area contributed by atoms with E-state index in [2.05, 4.69) is 10.3 Å². The average Bonchev–Trinajstić information content (AvgIpc) is 2.87. The summed E-state index contributed by atoms with van der Waals surface area (Å²) in [4.78, 5) is 17.1. The third-order valence-electron chi connectivity index (χ3n) is 3.09. The van der Waals surface area contributed by atoms with Crippen molar-refractivity contribution in [3.05, 3.63) is 52.9 Å². The van der Waals surface area contributed by atoms with Crippen LogP contribution in [-0.4, -0.2) is 17.8 Å². The number of fused-ring (bicyclic) bond motifs is 1. The number of nitrogens with two attached hydrogens (primary N) is 1. The summed E-state index contributed by atoms with van der Waals surface area (Å²) in [5, 5.41) is 5.69. The van der Waals surface area contributed by atoms with Crippen molar-refractivity contribution in [2.45, 2.75) is 0 Å². The maximum atomic E-state index is 12.5. The van der Waals surface area contributed by atoms with E-state index in [9.17, 15) is 4.79 Å². The summed E-state index contributed by atoms with van der Waals surface area (Å²) >= 11 is 1.27. The minimum atomic E-state index is -0.0905. The first-order chi connectivity index (χ1) is 9.69. The number of nitrogens with zero attached hydrogens (tertiary/aromatic N) is 1. The summed E-state index contributed by atoms with van der Waals surface area (Å²) in [5.41, 5.74) is 6.43. The Morgan fingerprint density at radius 1 is 1.20 bits per heavy atom. The molecule has 0 spiro atoms. The van der Waals surface area contributed by atoms with E-state index in [1.54, 1.807) is 7.05 Å². The lowest BCUT2D eigenvalue weighted by Crippen LogP contribution is -2.02. The zero-order valence-electron chi connectivity index (χ0n) is 10.9. The Labute approximate surface area is 120 Å². The topological polar surface area (TPSA) is 68.0 Å². The van der Waals surface area contributed by atoms with Crippen molar-refractivity contribution in [3.63, 3.8) is 0 Å². The normalized spacial score (nSPS) is 10.7. The molecule has 0 amide bonds. The molecule has 0 unspecified atom stereocenters. The second-order valence-electron chi connectivity index (χ2n) is 4.37. The summed E-state index contributed by atoms with van der Waals surface area (Å²) < 4.78 is 0. The van der Waals surface area contributed by atoms with Gasteiger partial charge in [0.05, 0.1) is 0 Å². The standard InChI is InChI=1S/C15H13N3OS/c1-17-15-18-14(16)13(20-15)12(19)11-7-6-9-4-2-3-5-10(9)8-11/h2-8H,16H2,1H3,(H,17,18). The Bertz CT molecular complexity index is 795. The number of ketones is 1. The van der Waals surface area contributed by atoms with Crippen LogP contribution in [0, 0.1) is 0 Å². The fourth-order valence-corrected chi connectivity index (χ4v) is 2.86. The summed E-state index contributed by atoms with van der Waals surface area (Å²) in [7, 11) is 1.75. The first kappa shape index (κ1) is 12.6. The molecule has 0 atom stereocenters. The number of hydrogen-bond donors (Lipinski definition) is 2. The van der Waals surface area contributed by atoms with Crippen LogP contribution < -0.4 is 11.1 Å². The van der Waals surface area contributed by atoms with E-state index in [1.165, 1.54) is 11.3 Å². The zero-order valence-corrected chi connectivity index (χ0v) is 11.7. The lowest BCUT2D eigenvalue weighted by Gasteiger charge is -2.02. The molecule has 2 aromatic carbocycles. The Morgan fingerprint density at radius 3 is 2.65 bits per heavy atom. The quantitative estimate of drug-likeness (QED) is 0.725. The predicted molar refractivity (Wildman–Crippen MR) is 83.5 cm³/mol. The van der Waals surface area contributed by atoms with E-state index in [0.717, 1.165) is 10.8 Å². The lowest BCUT2D eigenvalue weighted by molar-refractivity contribution is 0.104. The molecule has 3 rings (SSSR count). The number of benzene rings is 2. The van der Waals surface area contributed by atoms with Crippen LogP contribution in [0.4, 0.5) is 10.9 Å². The van der Waals surface area contributed by atoms with Gasteiger partial charge in [0.25, 0.3) is 0 Å². The number of rotatable bonds is 3. The van der Waals surface area contributed by atoms with Crippen LogP contribution in [0.2, 0.25) is 0 Å². The first-order valence-corrected chi connectivity index (χ1v) is 6.98. The summed E-state index contributed by atoms with van der Waals surface area (Å²) in [6.45, 7) is 0. The van der Waals surface area contributed by atoms with Crippen LogP contribution in [0.1, 0.15) is 15.2 Å². The Kier molecular flexibility index (Phi) is 3.12. The molecule has 0 saturated heterocycles. The van der Waals surface area contributed by atoms with E-state index in [0.29, 0.717) is 15.6 Å². The number of nitrogen functional groups attached to an aromatic ring is 1. The largest absolute Gasteiger partial charge is 0.382 e. The number of thiazole rings is 1. The van der Waals surface area contributed by atoms with Gasteiger partial charge in [-0.05, 0) is 16.8 Å². The molecule has 3 N–H and O–H groups in total. The smallest absolute Gasteiger partial charge is 0.206 e. The zero-order chi connectivity index (χ0) is 14.1. The molecule has 0 aliphatic rings. The van der Waals surface area contributed by atoms with Gasteiger partial charge in [-0.25, -0.2) is 4.98 Å². The van der Waals surface area contributed by atoms with Crippen LogP contribution in [0.15, 0.2) is 42.5 Å². The number of nitrogens with one attached hydrogen (secondary N) is 1. The average molecular weight is 283 g/mol. The molecule has 100 valence electrons. The molecular formula is C15H13N3OS. The van der Waals surface area contributed by atoms with Gasteiger partial charge >= 0.3 is 0 Å². The molecule has 1 heterocycles. The SMILES string of the molecule is CNc1nc(N)c(C(=O)c2ccc3ccccc3c2)s1. The highest BCUT2D eigenvalue weighted by atomic mass is 32.1. The Balaban J connectivity index is 2.05. The van der Waals surface area contributed by atoms with E-state index in [4.69, 9.17) is 5.73 Å². The summed E-state index contributed by atoms with van der Waals surface area (Å²) in [6, 6.07) is 13.6. The predicted octanol–water partition coefficient (Wildman–Crippen LogP) is 3.15. The maximum Gasteiger partial charge on any atom is 0.206 e. The molecule has 0 bridgehead atoms. The van der Waals surface area contributed by atoms with Crippen LogP contribution >= 0.6 is 11.3 Å². The van der Waals surface area contributed by atoms with Gasteiger partial charge in [0.1, 0.15) is 10.7 Å². The van der Waals surface area contributed by atoms with Crippen molar-refractivity contribution in [2.24, 2.45) is 0 Å². The highest BCUT2D eigenvalue weighted by Crippen LogP contribution is 2.28. The number of hydrogen-bond acceptors (Lipinski definition) is 5. The number of carbonyl (C=O) groups is 1. The van der Waals surface area contributed by atoms with E-state index in [1.807, 2.05) is 42.5 Å². The van der Waals surface area contributed by atoms with E-state index in [-0.39, 0.29) is 11.6 Å². The van der Waals surface area contributed by atoms with Gasteiger partial charge in [-0.15, -0.1) is 0 Å². The number of aromatic nitrogens is 1. The minimum Gasteiger partial charge on any atom is -0.382 e. The number of carbonyl (C=O) groups excluding carboxylic acids is 1. The highest BCUT2D eigenvalue weighted by Gasteiger charge is 2.17. The molecule has 0 saturated carbocycles. The lowest BCUT2D eigenvalue weighted by atomic mass is 10.0. The van der Waals surface area contributed by atoms with Gasteiger partial charge in [0.15, 0.2) is 5.13 Å². The maximum absolute atomic E-state index is 12.5. The van der Waals surface area contributed by atoms with Crippen molar-refractivity contribution in [3.8, 4) is 0 Å². The van der Waals surface area contributed by atoms with Crippen molar-refractivity contribution in [1.82, 2.24) is 4.98 Å². The molecule has 20 heavy (non-hydrogen) atoms. The van der Waals surface area contributed by atoms with Crippen LogP contribution in [0.3, 0.4) is 0 Å². The molecule has 3 aromatic rings. The minimum absolute atomic E-state index is 0.0905. The third-order valence-corrected chi connectivity index (χ3v) is 4.17. The summed E-state index contributed by atoms with van der Waals surface area (Å²) in [5.74, 6) is 0.185. The molecule has 0 aliphatic carbocycles. The van der Waals surface area contributed by atoms with Gasteiger partial charge in [-0.3, -0.25) is 4.79 Å². The molecular weight excluding hydrogens is 270 g/mol. The number of anilines is 2. The van der Waals surface area contributed by atoms with Crippen molar-refractivity contribution >= 4 is 38.8 Å². The second kappa shape index (κ2) is 4.94. The third kappa shape index (κ3) is 2.12. The molecule has 1 aromatic heterocycles. The Morgan fingerprint density at radius 2 is 1.95 bits per heavy atom. The Hall–Kier alpha value is -2.40. The summed E-state index contributed by atoms with van der Waals surface area (Å²) in [6.07, 6.45) is 0. The molecule has 4 nitrogen and oxygen atoms in total. The van der Waals surface area contributed by atoms with Gasteiger partial charge < -0.3 is 11.1 Å². The van der Waals surface area contributed by atoms with Gasteiger partial charge in [-0.1, -0.05) is 47.7 Å². The first-order valence-electron chi connectivity index (χ1n) is 6.16. The fraction of sp³-hybridized carbons (Fsp3) is 0.0667. The molecule has 5 heteroatoms. The highest BCUT2D eigenvalue weighted by molar-refractivity contribution is 7.18. The second-order valence-corrected chi connectivity index (χ2v) is 5.37. The van der Waals surface area contributed by atoms with E-state index < -0.39 is 0 Å². The van der Waals surface area contributed by atoms with Crippen LogP contribution in [-0.2, 0) is 0 Å². The van der Waals surface area contributed by atoms with Crippen molar-refractivity contribution in [1.29, 1.82) is 0 Å². The van der Waals surface area contributed by atoms with E-state index >= 15 is 0 Å².